The number of pyridine rings is 1. The highest BCUT2D eigenvalue weighted by Gasteiger charge is 2.32. The van der Waals surface area contributed by atoms with Gasteiger partial charge in [-0.15, -0.1) is 0 Å². The van der Waals surface area contributed by atoms with E-state index >= 15 is 0 Å². The summed E-state index contributed by atoms with van der Waals surface area (Å²) >= 11 is 0. The monoisotopic (exact) mass is 497 g/mol. The number of aryl methyl sites for hydroxylation is 1. The first-order valence-corrected chi connectivity index (χ1v) is 11.6. The van der Waals surface area contributed by atoms with Crippen molar-refractivity contribution < 1.29 is 18.0 Å². The number of carbonyl (C=O) groups is 1. The van der Waals surface area contributed by atoms with Crippen LogP contribution in [0.25, 0.3) is 16.6 Å². The molecule has 1 aromatic carbocycles. The zero-order valence-electron chi connectivity index (χ0n) is 19.8. The Bertz CT molecular complexity index is 1380. The minimum absolute atomic E-state index is 0.250. The van der Waals surface area contributed by atoms with Gasteiger partial charge >= 0.3 is 12.2 Å². The van der Waals surface area contributed by atoms with Crippen molar-refractivity contribution in [3.8, 4) is 11.1 Å². The lowest BCUT2D eigenvalue weighted by atomic mass is 10.0. The topological polar surface area (TPSA) is 79.5 Å². The SMILES string of the molecule is C[C@@H](NC(=O)N1CCNCC1c1cnn2cc(-c3cnn(C)c3)ccc12)c1ccc(C(F)(F)F)cc1. The Hall–Kier alpha value is -3.86. The van der Waals surface area contributed by atoms with Gasteiger partial charge in [0, 0.05) is 55.8 Å². The molecule has 0 saturated carbocycles. The van der Waals surface area contributed by atoms with Crippen molar-refractivity contribution in [3.63, 3.8) is 0 Å². The largest absolute Gasteiger partial charge is 0.416 e. The number of carbonyl (C=O) groups excluding carboxylic acids is 1. The molecule has 1 aliphatic rings. The molecule has 188 valence electrons. The van der Waals surface area contributed by atoms with Gasteiger partial charge in [-0.3, -0.25) is 4.68 Å². The van der Waals surface area contributed by atoms with E-state index in [9.17, 15) is 18.0 Å². The Morgan fingerprint density at radius 3 is 2.56 bits per heavy atom. The smallest absolute Gasteiger partial charge is 0.331 e. The van der Waals surface area contributed by atoms with Gasteiger partial charge in [-0.25, -0.2) is 9.31 Å². The number of benzene rings is 1. The van der Waals surface area contributed by atoms with Crippen molar-refractivity contribution in [3.05, 3.63) is 77.9 Å². The van der Waals surface area contributed by atoms with E-state index in [2.05, 4.69) is 20.8 Å². The molecule has 0 bridgehead atoms. The summed E-state index contributed by atoms with van der Waals surface area (Å²) in [4.78, 5) is 15.0. The summed E-state index contributed by atoms with van der Waals surface area (Å²) in [6.45, 7) is 3.45. The van der Waals surface area contributed by atoms with Gasteiger partial charge in [-0.1, -0.05) is 18.2 Å². The summed E-state index contributed by atoms with van der Waals surface area (Å²) in [5, 5.41) is 15.0. The maximum Gasteiger partial charge on any atom is 0.416 e. The van der Waals surface area contributed by atoms with Gasteiger partial charge in [0.05, 0.1) is 35.6 Å². The Morgan fingerprint density at radius 1 is 1.08 bits per heavy atom. The highest BCUT2D eigenvalue weighted by Crippen LogP contribution is 2.31. The van der Waals surface area contributed by atoms with Crippen LogP contribution >= 0.6 is 0 Å². The average Bonchev–Trinajstić information content (AvgIpc) is 3.49. The second-order valence-electron chi connectivity index (χ2n) is 8.95. The molecule has 2 atom stereocenters. The third-order valence-electron chi connectivity index (χ3n) is 6.53. The van der Waals surface area contributed by atoms with E-state index in [1.807, 2.05) is 31.6 Å². The number of hydrogen-bond acceptors (Lipinski definition) is 4. The number of fused-ring (bicyclic) bond motifs is 1. The third-order valence-corrected chi connectivity index (χ3v) is 6.53. The predicted molar refractivity (Wildman–Crippen MR) is 128 cm³/mol. The molecule has 0 aliphatic carbocycles. The summed E-state index contributed by atoms with van der Waals surface area (Å²) in [7, 11) is 1.86. The lowest BCUT2D eigenvalue weighted by Gasteiger charge is -2.36. The van der Waals surface area contributed by atoms with Crippen LogP contribution in [-0.2, 0) is 13.2 Å². The van der Waals surface area contributed by atoms with Crippen LogP contribution in [0.1, 0.15) is 35.7 Å². The van der Waals surface area contributed by atoms with E-state index in [1.165, 1.54) is 12.1 Å². The zero-order chi connectivity index (χ0) is 25.4. The fourth-order valence-corrected chi connectivity index (χ4v) is 4.54. The Morgan fingerprint density at radius 2 is 1.86 bits per heavy atom. The van der Waals surface area contributed by atoms with Crippen LogP contribution in [0.3, 0.4) is 0 Å². The van der Waals surface area contributed by atoms with Gasteiger partial charge in [0.25, 0.3) is 0 Å². The minimum Gasteiger partial charge on any atom is -0.331 e. The van der Waals surface area contributed by atoms with E-state index in [-0.39, 0.29) is 12.1 Å². The molecule has 36 heavy (non-hydrogen) atoms. The molecule has 8 nitrogen and oxygen atoms in total. The Labute approximate surface area is 205 Å². The summed E-state index contributed by atoms with van der Waals surface area (Å²) in [6, 6.07) is 7.86. The van der Waals surface area contributed by atoms with Gasteiger partial charge in [-0.05, 0) is 30.7 Å². The number of aromatic nitrogens is 4. The normalized spacial score (nSPS) is 17.4. The zero-order valence-corrected chi connectivity index (χ0v) is 19.8. The first-order chi connectivity index (χ1) is 17.2. The van der Waals surface area contributed by atoms with E-state index in [0.29, 0.717) is 25.2 Å². The van der Waals surface area contributed by atoms with Crippen molar-refractivity contribution >= 4 is 11.5 Å². The molecule has 4 aromatic rings. The fourth-order valence-electron chi connectivity index (χ4n) is 4.54. The van der Waals surface area contributed by atoms with Crippen LogP contribution < -0.4 is 10.6 Å². The standard InChI is InChI=1S/C25H26F3N7O/c1-16(17-3-6-20(7-4-17)25(26,27)28)32-24(36)34-10-9-29-13-23(34)21-12-31-35-15-18(5-8-22(21)35)19-11-30-33(2)14-19/h3-8,11-12,14-16,23,29H,9-10,13H2,1-2H3,(H,32,36)/t16-,23?/m1/s1. The Balaban J connectivity index is 1.35. The van der Waals surface area contributed by atoms with Crippen LogP contribution in [0.15, 0.2) is 61.2 Å². The fraction of sp³-hybridized carbons (Fsp3) is 0.320. The van der Waals surface area contributed by atoms with Crippen molar-refractivity contribution in [2.45, 2.75) is 25.2 Å². The van der Waals surface area contributed by atoms with Gasteiger partial charge in [0.2, 0.25) is 0 Å². The molecule has 1 fully saturated rings. The number of amides is 2. The molecular formula is C25H26F3N7O. The van der Waals surface area contributed by atoms with Crippen LogP contribution in [0.5, 0.6) is 0 Å². The van der Waals surface area contributed by atoms with Crippen molar-refractivity contribution in [1.29, 1.82) is 0 Å². The van der Waals surface area contributed by atoms with Gasteiger partial charge in [0.15, 0.2) is 0 Å². The third kappa shape index (κ3) is 4.66. The van der Waals surface area contributed by atoms with E-state index in [0.717, 1.165) is 34.3 Å². The first-order valence-electron chi connectivity index (χ1n) is 11.6. The summed E-state index contributed by atoms with van der Waals surface area (Å²) < 4.78 is 42.2. The molecule has 11 heteroatoms. The maximum atomic E-state index is 13.3. The van der Waals surface area contributed by atoms with E-state index < -0.39 is 17.8 Å². The van der Waals surface area contributed by atoms with Gasteiger partial charge in [-0.2, -0.15) is 23.4 Å². The maximum absolute atomic E-state index is 13.3. The van der Waals surface area contributed by atoms with Gasteiger partial charge in [0.1, 0.15) is 0 Å². The number of urea groups is 1. The molecule has 2 amide bonds. The number of piperazine rings is 1. The highest BCUT2D eigenvalue weighted by molar-refractivity contribution is 5.76. The molecule has 2 N–H and O–H groups in total. The lowest BCUT2D eigenvalue weighted by molar-refractivity contribution is -0.137. The summed E-state index contributed by atoms with van der Waals surface area (Å²) in [6.07, 6.45) is 3.04. The molecule has 1 unspecified atom stereocenters. The molecular weight excluding hydrogens is 471 g/mol. The second-order valence-corrected chi connectivity index (χ2v) is 8.95. The number of hydrogen-bond donors (Lipinski definition) is 2. The van der Waals surface area contributed by atoms with Crippen LogP contribution in [0.2, 0.25) is 0 Å². The molecule has 0 radical (unpaired) electrons. The number of rotatable bonds is 4. The number of halogens is 3. The molecule has 3 aromatic heterocycles. The highest BCUT2D eigenvalue weighted by atomic mass is 19.4. The number of alkyl halides is 3. The summed E-state index contributed by atoms with van der Waals surface area (Å²) in [5.41, 5.74) is 3.65. The predicted octanol–water partition coefficient (Wildman–Crippen LogP) is 4.17. The van der Waals surface area contributed by atoms with Crippen molar-refractivity contribution in [2.75, 3.05) is 19.6 Å². The molecule has 1 saturated heterocycles. The first kappa shape index (κ1) is 23.9. The van der Waals surface area contributed by atoms with E-state index in [4.69, 9.17) is 0 Å². The number of nitrogens with zero attached hydrogens (tertiary/aromatic N) is 5. The summed E-state index contributed by atoms with van der Waals surface area (Å²) in [5.74, 6) is 0. The molecule has 5 rings (SSSR count). The van der Waals surface area contributed by atoms with Crippen molar-refractivity contribution in [1.82, 2.24) is 34.9 Å². The average molecular weight is 498 g/mol. The van der Waals surface area contributed by atoms with Crippen LogP contribution in [0, 0.1) is 0 Å². The van der Waals surface area contributed by atoms with Crippen molar-refractivity contribution in [2.24, 2.45) is 7.05 Å². The lowest BCUT2D eigenvalue weighted by Crippen LogP contribution is -2.52. The van der Waals surface area contributed by atoms with Crippen LogP contribution in [0.4, 0.5) is 18.0 Å². The Kier molecular flexibility index (Phi) is 6.17. The van der Waals surface area contributed by atoms with E-state index in [1.54, 1.807) is 33.4 Å². The quantitative estimate of drug-likeness (QED) is 0.444. The molecule has 1 aliphatic heterocycles. The molecule has 4 heterocycles. The minimum atomic E-state index is -4.40. The van der Waals surface area contributed by atoms with Crippen LogP contribution in [-0.4, -0.2) is 50.0 Å². The van der Waals surface area contributed by atoms with Gasteiger partial charge < -0.3 is 15.5 Å². The number of nitrogens with one attached hydrogen (secondary N) is 2. The molecule has 0 spiro atoms. The second kappa shape index (κ2) is 9.30.